The van der Waals surface area contributed by atoms with Gasteiger partial charge >= 0.3 is 0 Å². The highest BCUT2D eigenvalue weighted by Crippen LogP contribution is 2.41. The number of halogens is 2. The van der Waals surface area contributed by atoms with Gasteiger partial charge in [0.15, 0.2) is 11.5 Å². The van der Waals surface area contributed by atoms with Crippen LogP contribution in [0.25, 0.3) is 0 Å². The van der Waals surface area contributed by atoms with Crippen LogP contribution in [0.3, 0.4) is 0 Å². The molecule has 4 heteroatoms. The van der Waals surface area contributed by atoms with Gasteiger partial charge in [-0.05, 0) is 23.6 Å². The molecule has 0 saturated carbocycles. The summed E-state index contributed by atoms with van der Waals surface area (Å²) in [5.41, 5.74) is 1.17. The van der Waals surface area contributed by atoms with Gasteiger partial charge in [-0.1, -0.05) is 45.7 Å². The van der Waals surface area contributed by atoms with Crippen molar-refractivity contribution >= 4 is 31.9 Å². The molecule has 1 aromatic carbocycles. The van der Waals surface area contributed by atoms with Crippen LogP contribution in [0.15, 0.2) is 16.6 Å². The maximum Gasteiger partial charge on any atom is 0.161 e. The molecule has 2 nitrogen and oxygen atoms in total. The molecule has 0 aliphatic heterocycles. The predicted octanol–water partition coefficient (Wildman–Crippen LogP) is 4.56. The third-order valence-electron chi connectivity index (χ3n) is 2.39. The molecule has 0 heterocycles. The van der Waals surface area contributed by atoms with Gasteiger partial charge in [-0.2, -0.15) is 0 Å². The number of hydrogen-bond acceptors (Lipinski definition) is 2. The van der Waals surface area contributed by atoms with E-state index >= 15 is 0 Å². The van der Waals surface area contributed by atoms with Gasteiger partial charge in [0.25, 0.3) is 0 Å². The first-order valence-corrected chi connectivity index (χ1v) is 6.77. The minimum absolute atomic E-state index is 0.293. The summed E-state index contributed by atoms with van der Waals surface area (Å²) in [4.78, 5) is 0.293. The van der Waals surface area contributed by atoms with Crippen molar-refractivity contribution in [3.05, 3.63) is 22.2 Å². The van der Waals surface area contributed by atoms with Crippen LogP contribution in [0.1, 0.15) is 24.2 Å². The first kappa shape index (κ1) is 13.8. The molecule has 1 atom stereocenters. The Hall–Kier alpha value is -0.220. The lowest BCUT2D eigenvalue weighted by Gasteiger charge is -2.18. The molecule has 90 valence electrons. The maximum absolute atomic E-state index is 5.30. The fraction of sp³-hybridized carbons (Fsp3) is 0.500. The third kappa shape index (κ3) is 2.92. The Morgan fingerprint density at radius 1 is 1.06 bits per heavy atom. The van der Waals surface area contributed by atoms with Crippen molar-refractivity contribution in [2.45, 2.75) is 18.7 Å². The topological polar surface area (TPSA) is 18.5 Å². The second kappa shape index (κ2) is 5.92. The number of hydrogen-bond donors (Lipinski definition) is 0. The van der Waals surface area contributed by atoms with E-state index in [-0.39, 0.29) is 0 Å². The average molecular weight is 352 g/mol. The van der Waals surface area contributed by atoms with E-state index in [2.05, 4.69) is 45.7 Å². The maximum atomic E-state index is 5.30. The Morgan fingerprint density at radius 2 is 1.56 bits per heavy atom. The number of benzene rings is 1. The average Bonchev–Trinajstić information content (AvgIpc) is 2.27. The first-order chi connectivity index (χ1) is 7.51. The molecule has 1 rings (SSSR count). The van der Waals surface area contributed by atoms with Crippen molar-refractivity contribution < 1.29 is 9.47 Å². The summed E-state index contributed by atoms with van der Waals surface area (Å²) in [6.45, 7) is 4.34. The zero-order valence-electron chi connectivity index (χ0n) is 9.88. The quantitative estimate of drug-likeness (QED) is 0.740. The molecule has 0 saturated heterocycles. The van der Waals surface area contributed by atoms with E-state index in [0.29, 0.717) is 10.7 Å². The van der Waals surface area contributed by atoms with Gasteiger partial charge in [-0.15, -0.1) is 0 Å². The Bertz CT molecular complexity index is 364. The summed E-state index contributed by atoms with van der Waals surface area (Å²) in [6, 6.07) is 3.94. The Labute approximate surface area is 114 Å². The van der Waals surface area contributed by atoms with Crippen molar-refractivity contribution in [3.63, 3.8) is 0 Å². The molecule has 0 amide bonds. The number of alkyl halides is 1. The summed E-state index contributed by atoms with van der Waals surface area (Å²) in [7, 11) is 3.28. The highest BCUT2D eigenvalue weighted by Gasteiger charge is 2.18. The van der Waals surface area contributed by atoms with Gasteiger partial charge in [-0.25, -0.2) is 0 Å². The molecule has 1 unspecified atom stereocenters. The van der Waals surface area contributed by atoms with Crippen LogP contribution in [-0.2, 0) is 0 Å². The van der Waals surface area contributed by atoms with Crippen LogP contribution >= 0.6 is 31.9 Å². The SMILES string of the molecule is COc1cc(Br)c(C(Br)C(C)C)cc1OC. The van der Waals surface area contributed by atoms with E-state index in [9.17, 15) is 0 Å². The van der Waals surface area contributed by atoms with Crippen LogP contribution in [0.2, 0.25) is 0 Å². The summed E-state index contributed by atoms with van der Waals surface area (Å²) in [6.07, 6.45) is 0. The second-order valence-corrected chi connectivity index (χ2v) is 5.72. The zero-order valence-corrected chi connectivity index (χ0v) is 13.1. The first-order valence-electron chi connectivity index (χ1n) is 5.06. The lowest BCUT2D eigenvalue weighted by atomic mass is 10.0. The molecule has 0 radical (unpaired) electrons. The Balaban J connectivity index is 3.21. The van der Waals surface area contributed by atoms with E-state index in [1.54, 1.807) is 14.2 Å². The molecular formula is C12H16Br2O2. The largest absolute Gasteiger partial charge is 0.493 e. The van der Waals surface area contributed by atoms with E-state index in [0.717, 1.165) is 16.0 Å². The summed E-state index contributed by atoms with van der Waals surface area (Å²) in [5, 5.41) is 0. The van der Waals surface area contributed by atoms with Crippen molar-refractivity contribution in [2.75, 3.05) is 14.2 Å². The van der Waals surface area contributed by atoms with Crippen molar-refractivity contribution in [2.24, 2.45) is 5.92 Å². The number of rotatable bonds is 4. The molecule has 0 N–H and O–H groups in total. The fourth-order valence-corrected chi connectivity index (χ4v) is 2.70. The fourth-order valence-electron chi connectivity index (χ4n) is 1.44. The normalized spacial score (nSPS) is 12.7. The molecular weight excluding hydrogens is 336 g/mol. The standard InChI is InChI=1S/C12H16Br2O2/c1-7(2)12(14)8-5-10(15-3)11(16-4)6-9(8)13/h5-7,12H,1-4H3. The molecule has 0 bridgehead atoms. The van der Waals surface area contributed by atoms with Gasteiger partial charge in [0, 0.05) is 9.30 Å². The summed E-state index contributed by atoms with van der Waals surface area (Å²) >= 11 is 7.24. The van der Waals surface area contributed by atoms with E-state index in [4.69, 9.17) is 9.47 Å². The second-order valence-electron chi connectivity index (χ2n) is 3.87. The van der Waals surface area contributed by atoms with Gasteiger partial charge < -0.3 is 9.47 Å². The lowest BCUT2D eigenvalue weighted by molar-refractivity contribution is 0.354. The Kier molecular flexibility index (Phi) is 5.12. The van der Waals surface area contributed by atoms with Crippen LogP contribution in [0, 0.1) is 5.92 Å². The minimum atomic E-state index is 0.293. The van der Waals surface area contributed by atoms with Crippen molar-refractivity contribution in [1.82, 2.24) is 0 Å². The van der Waals surface area contributed by atoms with Gasteiger partial charge in [0.2, 0.25) is 0 Å². The summed E-state index contributed by atoms with van der Waals surface area (Å²) in [5.74, 6) is 2.00. The predicted molar refractivity (Wildman–Crippen MR) is 73.8 cm³/mol. The molecule has 0 spiro atoms. The highest BCUT2D eigenvalue weighted by atomic mass is 79.9. The summed E-state index contributed by atoms with van der Waals surface area (Å²) < 4.78 is 11.6. The van der Waals surface area contributed by atoms with Crippen molar-refractivity contribution in [1.29, 1.82) is 0 Å². The van der Waals surface area contributed by atoms with Gasteiger partial charge in [0.1, 0.15) is 0 Å². The van der Waals surface area contributed by atoms with Crippen LogP contribution in [-0.4, -0.2) is 14.2 Å². The molecule has 0 aromatic heterocycles. The third-order valence-corrected chi connectivity index (χ3v) is 4.62. The van der Waals surface area contributed by atoms with Crippen LogP contribution in [0.5, 0.6) is 11.5 Å². The zero-order chi connectivity index (χ0) is 12.3. The monoisotopic (exact) mass is 350 g/mol. The van der Waals surface area contributed by atoms with E-state index in [1.807, 2.05) is 12.1 Å². The highest BCUT2D eigenvalue weighted by molar-refractivity contribution is 9.11. The van der Waals surface area contributed by atoms with E-state index in [1.165, 1.54) is 5.56 Å². The van der Waals surface area contributed by atoms with Crippen LogP contribution in [0.4, 0.5) is 0 Å². The van der Waals surface area contributed by atoms with Crippen LogP contribution < -0.4 is 9.47 Å². The molecule has 0 fully saturated rings. The van der Waals surface area contributed by atoms with Crippen molar-refractivity contribution in [3.8, 4) is 11.5 Å². The molecule has 1 aromatic rings. The van der Waals surface area contributed by atoms with Gasteiger partial charge in [0.05, 0.1) is 14.2 Å². The number of ether oxygens (including phenoxy) is 2. The minimum Gasteiger partial charge on any atom is -0.493 e. The van der Waals surface area contributed by atoms with E-state index < -0.39 is 0 Å². The molecule has 0 aliphatic rings. The smallest absolute Gasteiger partial charge is 0.161 e. The number of methoxy groups -OCH3 is 2. The molecule has 16 heavy (non-hydrogen) atoms. The Morgan fingerprint density at radius 3 is 2.00 bits per heavy atom. The lowest BCUT2D eigenvalue weighted by Crippen LogP contribution is -2.01. The van der Waals surface area contributed by atoms with Gasteiger partial charge in [-0.3, -0.25) is 0 Å². The molecule has 0 aliphatic carbocycles.